The largest absolute Gasteiger partial charge is 6.00 e. The van der Waals surface area contributed by atoms with Crippen molar-refractivity contribution < 1.29 is 17.4 Å². The summed E-state index contributed by atoms with van der Waals surface area (Å²) in [6, 6.07) is 0. The van der Waals surface area contributed by atoms with Gasteiger partial charge in [0.1, 0.15) is 0 Å². The second-order valence-corrected chi connectivity index (χ2v) is 1.00. The first kappa shape index (κ1) is 68.9. The van der Waals surface area contributed by atoms with E-state index in [1.807, 2.05) is 12.2 Å². The van der Waals surface area contributed by atoms with E-state index in [4.69, 9.17) is 0 Å². The fourth-order valence-corrected chi connectivity index (χ4v) is 0.340. The molecule has 0 aromatic heterocycles. The summed E-state index contributed by atoms with van der Waals surface area (Å²) in [5, 5.41) is 0. The summed E-state index contributed by atoms with van der Waals surface area (Å²) in [5.41, 5.74) is 0. The fraction of sp³-hybridized carbons (Fsp3) is 0.100. The van der Waals surface area contributed by atoms with Crippen LogP contribution >= 0.6 is 24.8 Å². The molecule has 13 heavy (non-hydrogen) atoms. The Morgan fingerprint density at radius 2 is 1.23 bits per heavy atom. The molecule has 0 N–H and O–H groups in total. The summed E-state index contributed by atoms with van der Waals surface area (Å²) >= 11 is 0. The molecular weight excluding hydrogens is 243 g/mol. The summed E-state index contributed by atoms with van der Waals surface area (Å²) in [7, 11) is 0. The van der Waals surface area contributed by atoms with Crippen LogP contribution < -0.4 is 0 Å². The third-order valence-corrected chi connectivity index (χ3v) is 0.586. The van der Waals surface area contributed by atoms with E-state index in [0.29, 0.717) is 0 Å². The van der Waals surface area contributed by atoms with Crippen LogP contribution in [0.3, 0.4) is 0 Å². The maximum atomic E-state index is 2.99. The van der Waals surface area contributed by atoms with Crippen molar-refractivity contribution in [3.05, 3.63) is 61.4 Å². The van der Waals surface area contributed by atoms with Crippen molar-refractivity contribution >= 4 is 24.8 Å². The van der Waals surface area contributed by atoms with E-state index in [2.05, 4.69) is 12.2 Å². The van der Waals surface area contributed by atoms with Gasteiger partial charge in [-0.25, -0.2) is 12.2 Å². The molecule has 0 aromatic rings. The summed E-state index contributed by atoms with van der Waals surface area (Å²) in [6.07, 6.45) is 10.0. The molecule has 0 nitrogen and oxygen atoms in total. The maximum Gasteiger partial charge on any atom is 6.00 e. The predicted octanol–water partition coefficient (Wildman–Crippen LogP) is 4.40. The standard InChI is InChI=1S/C5H5.5CH3.2ClH.Cr/c1-2-4-5-3-1;;;;;;;;/h1-3H,4H2;5*1H3;2*1H;/q6*-1;;;+6. The Hall–Kier alpha value is 0.592. The first-order chi connectivity index (χ1) is 2.50. The molecule has 0 heterocycles. The van der Waals surface area contributed by atoms with Crippen molar-refractivity contribution in [1.29, 1.82) is 0 Å². The van der Waals surface area contributed by atoms with Crippen LogP contribution in [0.1, 0.15) is 6.42 Å². The number of hydrogen-bond donors (Lipinski definition) is 0. The molecule has 1 rings (SSSR count). The topological polar surface area (TPSA) is 0 Å². The smallest absolute Gasteiger partial charge is 0.358 e. The molecular formula is C10H22Cl2Cr. The number of hydrogen-bond acceptors (Lipinski definition) is 0. The second-order valence-electron chi connectivity index (χ2n) is 1.00. The normalized spacial score (nSPS) is 6.77. The van der Waals surface area contributed by atoms with E-state index >= 15 is 0 Å². The first-order valence-corrected chi connectivity index (χ1v) is 1.72. The minimum absolute atomic E-state index is 0. The van der Waals surface area contributed by atoms with Gasteiger partial charge in [0.2, 0.25) is 0 Å². The molecule has 0 aliphatic heterocycles. The Bertz CT molecular complexity index is 71.0. The number of halogens is 2. The Morgan fingerprint density at radius 3 is 1.31 bits per heavy atom. The average molecular weight is 265 g/mol. The van der Waals surface area contributed by atoms with Crippen LogP contribution in [0, 0.1) is 43.2 Å². The first-order valence-electron chi connectivity index (χ1n) is 1.72. The molecule has 0 atom stereocenters. The zero-order valence-corrected chi connectivity index (χ0v) is 12.1. The summed E-state index contributed by atoms with van der Waals surface area (Å²) in [6.45, 7) is 0. The number of rotatable bonds is 0. The van der Waals surface area contributed by atoms with Crippen LogP contribution in [0.15, 0.2) is 18.2 Å². The van der Waals surface area contributed by atoms with Crippen molar-refractivity contribution in [2.45, 2.75) is 6.42 Å². The molecule has 0 amide bonds. The van der Waals surface area contributed by atoms with E-state index in [-0.39, 0.29) is 79.3 Å². The van der Waals surface area contributed by atoms with Gasteiger partial charge in [-0.05, 0) is 0 Å². The number of allylic oxidation sites excluding steroid dienone is 4. The van der Waals surface area contributed by atoms with Gasteiger partial charge in [0.05, 0.1) is 0 Å². The van der Waals surface area contributed by atoms with Gasteiger partial charge in [0.15, 0.2) is 0 Å². The summed E-state index contributed by atoms with van der Waals surface area (Å²) < 4.78 is 0. The molecule has 0 radical (unpaired) electrons. The molecule has 0 saturated heterocycles. The van der Waals surface area contributed by atoms with Gasteiger partial charge >= 0.3 is 17.4 Å². The van der Waals surface area contributed by atoms with Crippen LogP contribution in [-0.2, 0) is 17.4 Å². The Labute approximate surface area is 110 Å². The van der Waals surface area contributed by atoms with Gasteiger partial charge in [-0.3, -0.25) is 6.08 Å². The molecule has 3 heteroatoms. The maximum absolute atomic E-state index is 2.99. The Morgan fingerprint density at radius 1 is 0.846 bits per heavy atom. The van der Waals surface area contributed by atoms with E-state index in [1.54, 1.807) is 0 Å². The zero-order valence-electron chi connectivity index (χ0n) is 9.16. The Kier molecular flexibility index (Phi) is 287. The molecule has 0 bridgehead atoms. The molecule has 0 saturated carbocycles. The van der Waals surface area contributed by atoms with Crippen LogP contribution in [0.2, 0.25) is 0 Å². The van der Waals surface area contributed by atoms with Crippen LogP contribution in [-0.4, -0.2) is 0 Å². The van der Waals surface area contributed by atoms with Crippen molar-refractivity contribution in [3.63, 3.8) is 0 Å². The minimum atomic E-state index is 0. The summed E-state index contributed by atoms with van der Waals surface area (Å²) in [4.78, 5) is 0. The van der Waals surface area contributed by atoms with Crippen molar-refractivity contribution in [2.75, 3.05) is 0 Å². The van der Waals surface area contributed by atoms with E-state index in [1.165, 1.54) is 0 Å². The average Bonchev–Trinajstić information content (AvgIpc) is 1.76. The van der Waals surface area contributed by atoms with Crippen LogP contribution in [0.25, 0.3) is 0 Å². The third kappa shape index (κ3) is 45.2. The Balaban J connectivity index is -0.00000000521. The van der Waals surface area contributed by atoms with Gasteiger partial charge in [0.25, 0.3) is 0 Å². The quantitative estimate of drug-likeness (QED) is 0.569. The van der Waals surface area contributed by atoms with E-state index in [0.717, 1.165) is 6.42 Å². The van der Waals surface area contributed by atoms with Gasteiger partial charge in [0, 0.05) is 0 Å². The van der Waals surface area contributed by atoms with Crippen molar-refractivity contribution in [1.82, 2.24) is 0 Å². The third-order valence-electron chi connectivity index (χ3n) is 0.586. The SMILES string of the molecule is Cl.Cl.[C-]1=CC=CC1.[CH3-].[CH3-].[CH3-].[CH3-].[CH3-].[Cr+6]. The zero-order chi connectivity index (χ0) is 3.54. The molecule has 0 aromatic carbocycles. The van der Waals surface area contributed by atoms with Crippen LogP contribution in [0.5, 0.6) is 0 Å². The monoisotopic (exact) mass is 264 g/mol. The molecule has 82 valence electrons. The van der Waals surface area contributed by atoms with E-state index in [9.17, 15) is 0 Å². The van der Waals surface area contributed by atoms with E-state index < -0.39 is 0 Å². The fourth-order valence-electron chi connectivity index (χ4n) is 0.340. The predicted molar refractivity (Wildman–Crippen MR) is 68.1 cm³/mol. The van der Waals surface area contributed by atoms with Gasteiger partial charge < -0.3 is 37.1 Å². The van der Waals surface area contributed by atoms with Crippen LogP contribution in [0.4, 0.5) is 0 Å². The minimum Gasteiger partial charge on any atom is -0.358 e. The van der Waals surface area contributed by atoms with Crippen molar-refractivity contribution in [2.24, 2.45) is 0 Å². The molecule has 1 aliphatic carbocycles. The molecule has 0 fully saturated rings. The molecule has 1 aliphatic rings. The van der Waals surface area contributed by atoms with Gasteiger partial charge in [-0.2, -0.15) is 6.08 Å². The van der Waals surface area contributed by atoms with Gasteiger partial charge in [-0.1, -0.05) is 0 Å². The molecule has 0 spiro atoms. The molecule has 0 unspecified atom stereocenters. The van der Waals surface area contributed by atoms with Gasteiger partial charge in [-0.15, -0.1) is 31.2 Å². The second kappa shape index (κ2) is 54.1. The van der Waals surface area contributed by atoms with Crippen molar-refractivity contribution in [3.8, 4) is 0 Å². The summed E-state index contributed by atoms with van der Waals surface area (Å²) in [5.74, 6) is 0.